The molecule has 2 fully saturated rings. The molecule has 2 N–H and O–H groups in total. The molecule has 3 aromatic carbocycles. The third-order valence-corrected chi connectivity index (χ3v) is 13.9. The Morgan fingerprint density at radius 1 is 0.847 bits per heavy atom. The third-order valence-electron chi connectivity index (χ3n) is 10.2. The number of aromatic nitrogens is 3. The van der Waals surface area contributed by atoms with Crippen LogP contribution in [0.3, 0.4) is 0 Å². The number of halogens is 2. The number of anilines is 4. The summed E-state index contributed by atoms with van der Waals surface area (Å²) >= 11 is 1.46. The topological polar surface area (TPSA) is 153 Å². The van der Waals surface area contributed by atoms with E-state index in [1.807, 2.05) is 32.0 Å². The molecular weight excluding hydrogens is 821 g/mol. The number of piperazine rings is 2. The Kier molecular flexibility index (Phi) is 12.8. The lowest BCUT2D eigenvalue weighted by atomic mass is 10.1. The van der Waals surface area contributed by atoms with Gasteiger partial charge < -0.3 is 15.0 Å². The summed E-state index contributed by atoms with van der Waals surface area (Å²) in [6.45, 7) is 11.5. The van der Waals surface area contributed by atoms with E-state index in [1.54, 1.807) is 37.6 Å². The second-order valence-corrected chi connectivity index (χ2v) is 19.7. The van der Waals surface area contributed by atoms with Crippen LogP contribution >= 0.6 is 11.3 Å². The lowest BCUT2D eigenvalue weighted by Gasteiger charge is -2.45. The smallest absolute Gasteiger partial charge is 0.267 e. The summed E-state index contributed by atoms with van der Waals surface area (Å²) in [6, 6.07) is 17.1. The van der Waals surface area contributed by atoms with E-state index < -0.39 is 36.4 Å². The van der Waals surface area contributed by atoms with Gasteiger partial charge in [-0.1, -0.05) is 32.0 Å². The van der Waals surface area contributed by atoms with Crippen molar-refractivity contribution in [2.45, 2.75) is 24.7 Å². The Bertz CT molecular complexity index is 2490. The molecule has 0 bridgehead atoms. The van der Waals surface area contributed by atoms with Crippen LogP contribution in [0.25, 0.3) is 21.8 Å². The van der Waals surface area contributed by atoms with Gasteiger partial charge >= 0.3 is 0 Å². The van der Waals surface area contributed by atoms with Crippen molar-refractivity contribution in [3.63, 3.8) is 0 Å². The number of hydrogen-bond acceptors (Lipinski definition) is 14. The van der Waals surface area contributed by atoms with Crippen molar-refractivity contribution in [1.82, 2.24) is 29.9 Å². The fourth-order valence-electron chi connectivity index (χ4n) is 7.05. The molecule has 7 rings (SSSR count). The second kappa shape index (κ2) is 17.8. The van der Waals surface area contributed by atoms with Gasteiger partial charge in [0.05, 0.1) is 39.8 Å². The highest BCUT2D eigenvalue weighted by atomic mass is 32.2. The van der Waals surface area contributed by atoms with E-state index in [0.29, 0.717) is 40.9 Å². The Labute approximate surface area is 347 Å². The summed E-state index contributed by atoms with van der Waals surface area (Å²) in [5.41, 5.74) is 3.55. The van der Waals surface area contributed by atoms with E-state index in [1.165, 1.54) is 23.7 Å². The third kappa shape index (κ3) is 10.2. The maximum atomic E-state index is 14.4. The molecule has 2 aromatic heterocycles. The number of ether oxygens (including phenoxy) is 1. The number of nitrogens with one attached hydrogen (secondary N) is 2. The molecule has 19 heteroatoms. The Hall–Kier alpha value is -4.79. The minimum Gasteiger partial charge on any atom is -0.494 e. The van der Waals surface area contributed by atoms with Gasteiger partial charge in [-0.15, -0.1) is 11.3 Å². The quantitative estimate of drug-likeness (QED) is 0.136. The predicted molar refractivity (Wildman–Crippen MR) is 228 cm³/mol. The maximum Gasteiger partial charge on any atom is 0.267 e. The van der Waals surface area contributed by atoms with Gasteiger partial charge in [-0.3, -0.25) is 9.62 Å². The van der Waals surface area contributed by atoms with Crippen LogP contribution in [0.1, 0.15) is 24.8 Å². The molecule has 0 unspecified atom stereocenters. The zero-order valence-electron chi connectivity index (χ0n) is 33.2. The number of rotatable bonds is 14. The summed E-state index contributed by atoms with van der Waals surface area (Å²) in [5, 5.41) is 8.93. The molecule has 2 aliphatic heterocycles. The first-order chi connectivity index (χ1) is 28.2. The molecule has 0 radical (unpaired) electrons. The number of hydrazine groups is 1. The Morgan fingerprint density at radius 3 is 2.19 bits per heavy atom. The summed E-state index contributed by atoms with van der Waals surface area (Å²) in [4.78, 5) is 18.5. The van der Waals surface area contributed by atoms with Gasteiger partial charge in [-0.05, 0) is 42.5 Å². The van der Waals surface area contributed by atoms with Crippen molar-refractivity contribution in [2.75, 3.05) is 93.0 Å². The molecule has 59 heavy (non-hydrogen) atoms. The summed E-state index contributed by atoms with van der Waals surface area (Å²) < 4.78 is 86.3. The van der Waals surface area contributed by atoms with Gasteiger partial charge in [0.1, 0.15) is 27.2 Å². The van der Waals surface area contributed by atoms with Gasteiger partial charge in [0.15, 0.2) is 4.90 Å². The molecule has 0 spiro atoms. The molecule has 0 aliphatic carbocycles. The Balaban J connectivity index is 1.04. The monoisotopic (exact) mass is 867 g/mol. The van der Waals surface area contributed by atoms with Crippen LogP contribution in [-0.2, 0) is 19.9 Å². The average Bonchev–Trinajstić information content (AvgIpc) is 3.67. The highest BCUT2D eigenvalue weighted by molar-refractivity contribution is 7.92. The van der Waals surface area contributed by atoms with Crippen molar-refractivity contribution < 1.29 is 30.4 Å². The summed E-state index contributed by atoms with van der Waals surface area (Å²) in [7, 11) is -5.94. The number of benzene rings is 3. The van der Waals surface area contributed by atoms with E-state index in [2.05, 4.69) is 34.8 Å². The molecule has 4 heterocycles. The van der Waals surface area contributed by atoms with Crippen LogP contribution in [0, 0.1) is 11.6 Å². The van der Waals surface area contributed by atoms with E-state index in [9.17, 15) is 25.6 Å². The lowest BCUT2D eigenvalue weighted by Crippen LogP contribution is -2.59. The molecule has 0 saturated carbocycles. The van der Waals surface area contributed by atoms with Crippen molar-refractivity contribution >= 4 is 54.2 Å². The van der Waals surface area contributed by atoms with E-state index in [-0.39, 0.29) is 17.4 Å². The number of sulfone groups is 1. The molecule has 2 aliphatic rings. The van der Waals surface area contributed by atoms with Crippen LogP contribution in [0.4, 0.5) is 31.8 Å². The molecule has 2 saturated heterocycles. The van der Waals surface area contributed by atoms with Gasteiger partial charge in [0, 0.05) is 100 Å². The normalized spacial score (nSPS) is 16.1. The second-order valence-electron chi connectivity index (χ2n) is 14.8. The zero-order chi connectivity index (χ0) is 41.9. The summed E-state index contributed by atoms with van der Waals surface area (Å²) in [6.07, 6.45) is 2.93. The number of nitrogens with zero attached hydrogens (tertiary/aromatic N) is 7. The van der Waals surface area contributed by atoms with E-state index in [0.717, 1.165) is 86.1 Å². The maximum absolute atomic E-state index is 14.4. The van der Waals surface area contributed by atoms with Gasteiger partial charge in [0.2, 0.25) is 5.95 Å². The summed E-state index contributed by atoms with van der Waals surface area (Å²) in [5.74, 6) is -1.16. The standard InChI is InChI=1S/C40H47F2N9O5S3/c1-27(2)39-46-36(28-7-5-8-29(25-28)47-59(54,55)38-31(41)9-6-10-32(38)42)37(57-39)34-13-14-43-40(45-34)44-33-12-11-30(26-35(33)56-3)49-17-21-51(22-18-49)50-19-15-48(16-20-50)23-24-58(4,52)53/h5-14,25-27,47H,15-24H2,1-4H3,(H,43,44,45). The van der Waals surface area contributed by atoms with Gasteiger partial charge in [-0.25, -0.2) is 50.6 Å². The van der Waals surface area contributed by atoms with Crippen molar-refractivity contribution in [3.05, 3.63) is 89.6 Å². The van der Waals surface area contributed by atoms with Crippen molar-refractivity contribution in [1.29, 1.82) is 0 Å². The molecule has 314 valence electrons. The Morgan fingerprint density at radius 2 is 1.53 bits per heavy atom. The highest BCUT2D eigenvalue weighted by Crippen LogP contribution is 2.40. The number of methoxy groups -OCH3 is 1. The molecule has 0 atom stereocenters. The highest BCUT2D eigenvalue weighted by Gasteiger charge is 2.28. The van der Waals surface area contributed by atoms with Crippen LogP contribution < -0.4 is 19.7 Å². The van der Waals surface area contributed by atoms with Gasteiger partial charge in [-0.2, -0.15) is 0 Å². The number of sulfonamides is 1. The van der Waals surface area contributed by atoms with E-state index in [4.69, 9.17) is 14.7 Å². The van der Waals surface area contributed by atoms with Gasteiger partial charge in [0.25, 0.3) is 10.0 Å². The minimum atomic E-state index is -4.59. The van der Waals surface area contributed by atoms with E-state index >= 15 is 0 Å². The average molecular weight is 868 g/mol. The predicted octanol–water partition coefficient (Wildman–Crippen LogP) is 5.92. The number of hydrogen-bond donors (Lipinski definition) is 2. The molecular formula is C40H47F2N9O5S3. The van der Waals surface area contributed by atoms with Crippen molar-refractivity contribution in [3.8, 4) is 27.6 Å². The lowest BCUT2D eigenvalue weighted by molar-refractivity contribution is -0.0593. The van der Waals surface area contributed by atoms with Crippen LogP contribution in [-0.4, -0.2) is 125 Å². The first-order valence-corrected chi connectivity index (χ1v) is 23.5. The van der Waals surface area contributed by atoms with Crippen LogP contribution in [0.15, 0.2) is 77.8 Å². The first-order valence-electron chi connectivity index (χ1n) is 19.2. The minimum absolute atomic E-state index is 0.0828. The molecule has 14 nitrogen and oxygen atoms in total. The molecule has 0 amide bonds. The zero-order valence-corrected chi connectivity index (χ0v) is 35.7. The largest absolute Gasteiger partial charge is 0.494 e. The number of thiazole rings is 1. The fraction of sp³-hybridized carbons (Fsp3) is 0.375. The SMILES string of the molecule is COc1cc(N2CCN(N3CCN(CCS(C)(=O)=O)CC3)CC2)ccc1Nc1nccc(-c2sc(C(C)C)nc2-c2cccc(NS(=O)(=O)c3c(F)cccc3F)c2)n1. The van der Waals surface area contributed by atoms with Crippen LogP contribution in [0.2, 0.25) is 0 Å². The molecule has 5 aromatic rings. The van der Waals surface area contributed by atoms with Crippen LogP contribution in [0.5, 0.6) is 5.75 Å². The fourth-order valence-corrected chi connectivity index (χ4v) is 9.89. The van der Waals surface area contributed by atoms with Crippen molar-refractivity contribution in [2.24, 2.45) is 0 Å². The first kappa shape index (κ1) is 42.3.